The minimum absolute atomic E-state index is 0.0935. The van der Waals surface area contributed by atoms with Gasteiger partial charge in [0.2, 0.25) is 0 Å². The number of ether oxygens (including phenoxy) is 1. The van der Waals surface area contributed by atoms with Crippen LogP contribution in [-0.4, -0.2) is 72.1 Å². The molecule has 0 unspecified atom stereocenters. The van der Waals surface area contributed by atoms with Crippen molar-refractivity contribution >= 4 is 28.1 Å². The Morgan fingerprint density at radius 2 is 2.02 bits per heavy atom. The molecular formula is C41H54N6O2. The van der Waals surface area contributed by atoms with Crippen LogP contribution in [0.3, 0.4) is 0 Å². The van der Waals surface area contributed by atoms with Crippen molar-refractivity contribution in [3.05, 3.63) is 72.2 Å². The highest BCUT2D eigenvalue weighted by molar-refractivity contribution is 5.94. The van der Waals surface area contributed by atoms with Crippen LogP contribution in [0.2, 0.25) is 0 Å². The number of aryl methyl sites for hydroxylation is 1. The second kappa shape index (κ2) is 16.3. The summed E-state index contributed by atoms with van der Waals surface area (Å²) in [4.78, 5) is 29.8. The van der Waals surface area contributed by atoms with Gasteiger partial charge < -0.3 is 14.5 Å². The summed E-state index contributed by atoms with van der Waals surface area (Å²) in [6, 6.07) is 17.7. The third-order valence-electron chi connectivity index (χ3n) is 11.0. The highest BCUT2D eigenvalue weighted by atomic mass is 16.5. The predicted octanol–water partition coefficient (Wildman–Crippen LogP) is 7.44. The SMILES string of the molecule is C=CC(=O)CCCC[C@@H](CC#N)CN(CCC)c1nc(CCC[C@H]2CN(C)C3(CC3)CO2)nc2c1CCN(c1cccc3ccccc13)C2. The average Bonchev–Trinajstić information content (AvgIpc) is 3.91. The summed E-state index contributed by atoms with van der Waals surface area (Å²) in [5.41, 5.74) is 3.96. The first kappa shape index (κ1) is 35.0. The molecule has 0 radical (unpaired) electrons. The third-order valence-corrected chi connectivity index (χ3v) is 11.0. The molecule has 2 fully saturated rings. The van der Waals surface area contributed by atoms with E-state index in [0.717, 1.165) is 108 Å². The Bertz CT molecular complexity index is 1640. The highest BCUT2D eigenvalue weighted by Gasteiger charge is 2.49. The van der Waals surface area contributed by atoms with Gasteiger partial charge in [-0.15, -0.1) is 0 Å². The Labute approximate surface area is 293 Å². The summed E-state index contributed by atoms with van der Waals surface area (Å²) in [7, 11) is 2.26. The van der Waals surface area contributed by atoms with Gasteiger partial charge in [0.15, 0.2) is 5.78 Å². The van der Waals surface area contributed by atoms with Crippen LogP contribution in [0.15, 0.2) is 55.1 Å². The van der Waals surface area contributed by atoms with E-state index in [2.05, 4.69) is 83.8 Å². The van der Waals surface area contributed by atoms with Crippen LogP contribution in [0, 0.1) is 17.2 Å². The van der Waals surface area contributed by atoms with Gasteiger partial charge in [-0.2, -0.15) is 5.26 Å². The van der Waals surface area contributed by atoms with Crippen molar-refractivity contribution in [2.45, 2.75) is 102 Å². The molecule has 1 saturated heterocycles. The Hall–Kier alpha value is -3.80. The predicted molar refractivity (Wildman–Crippen MR) is 198 cm³/mol. The fraction of sp³-hybridized carbons (Fsp3) is 0.561. The number of anilines is 2. The molecule has 1 aliphatic carbocycles. The first-order chi connectivity index (χ1) is 23.9. The first-order valence-electron chi connectivity index (χ1n) is 18.6. The maximum atomic E-state index is 11.8. The molecule has 1 aromatic heterocycles. The second-order valence-electron chi connectivity index (χ2n) is 14.6. The summed E-state index contributed by atoms with van der Waals surface area (Å²) in [5.74, 6) is 2.29. The molecule has 2 aliphatic heterocycles. The van der Waals surface area contributed by atoms with Crippen molar-refractivity contribution in [1.82, 2.24) is 14.9 Å². The summed E-state index contributed by atoms with van der Waals surface area (Å²) < 4.78 is 6.33. The molecule has 260 valence electrons. The number of likely N-dealkylation sites (N-methyl/N-ethyl adjacent to an activating group) is 1. The van der Waals surface area contributed by atoms with Crippen LogP contribution in [-0.2, 0) is 28.9 Å². The molecule has 8 heteroatoms. The summed E-state index contributed by atoms with van der Waals surface area (Å²) in [6.45, 7) is 11.0. The van der Waals surface area contributed by atoms with Crippen molar-refractivity contribution in [1.29, 1.82) is 5.26 Å². The van der Waals surface area contributed by atoms with Crippen molar-refractivity contribution in [2.75, 3.05) is 49.6 Å². The van der Waals surface area contributed by atoms with Gasteiger partial charge in [-0.25, -0.2) is 9.97 Å². The van der Waals surface area contributed by atoms with Crippen LogP contribution >= 0.6 is 0 Å². The normalized spacial score (nSPS) is 19.0. The number of rotatable bonds is 17. The maximum Gasteiger partial charge on any atom is 0.155 e. The molecule has 0 N–H and O–H groups in total. The lowest BCUT2D eigenvalue weighted by molar-refractivity contribution is -0.114. The lowest BCUT2D eigenvalue weighted by Gasteiger charge is -2.38. The van der Waals surface area contributed by atoms with Crippen LogP contribution < -0.4 is 9.80 Å². The Balaban J connectivity index is 1.23. The molecule has 2 atom stereocenters. The van der Waals surface area contributed by atoms with Crippen molar-refractivity contribution in [3.8, 4) is 6.07 Å². The number of nitrogens with zero attached hydrogens (tertiary/aromatic N) is 6. The third kappa shape index (κ3) is 8.51. The number of carbonyl (C=O) groups is 1. The fourth-order valence-corrected chi connectivity index (χ4v) is 7.88. The number of morpholine rings is 1. The Morgan fingerprint density at radius 1 is 1.18 bits per heavy atom. The van der Waals surface area contributed by atoms with Crippen LogP contribution in [0.4, 0.5) is 11.5 Å². The maximum absolute atomic E-state index is 11.8. The number of aromatic nitrogens is 2. The molecular weight excluding hydrogens is 608 g/mol. The molecule has 1 spiro atoms. The number of hydrogen-bond donors (Lipinski definition) is 0. The monoisotopic (exact) mass is 662 g/mol. The standard InChI is InChI=1S/C41H54N6O2/c1-4-25-47(27-31(20-24-42)12-6-8-15-33(48)5-2)40-36-21-26-46(38-18-10-14-32-13-7-9-17-35(32)38)29-37(36)43-39(44-40)19-11-16-34-28-45(3)41(22-23-41)30-49-34/h5,7,9-10,13-14,17-18,31,34H,2,4,6,8,11-12,15-16,19-23,25-30H2,1,3H3/t31-,34-/m0/s1. The number of benzene rings is 2. The lowest BCUT2D eigenvalue weighted by Crippen LogP contribution is -2.49. The molecule has 0 bridgehead atoms. The van der Waals surface area contributed by atoms with Crippen molar-refractivity contribution in [3.63, 3.8) is 0 Å². The molecule has 3 heterocycles. The molecule has 2 aromatic carbocycles. The molecule has 3 aromatic rings. The minimum atomic E-state index is 0.0935. The minimum Gasteiger partial charge on any atom is -0.375 e. The van der Waals surface area contributed by atoms with E-state index in [4.69, 9.17) is 14.7 Å². The first-order valence-corrected chi connectivity index (χ1v) is 18.6. The lowest BCUT2D eigenvalue weighted by atomic mass is 9.96. The topological polar surface area (TPSA) is 85.6 Å². The summed E-state index contributed by atoms with van der Waals surface area (Å²) >= 11 is 0. The zero-order valence-corrected chi connectivity index (χ0v) is 29.7. The van der Waals surface area contributed by atoms with E-state index in [1.807, 2.05) is 0 Å². The molecule has 6 rings (SSSR count). The summed E-state index contributed by atoms with van der Waals surface area (Å²) in [6.07, 6.45) is 12.6. The number of unbranched alkanes of at least 4 members (excludes halogenated alkanes) is 1. The fourth-order valence-electron chi connectivity index (χ4n) is 7.88. The van der Waals surface area contributed by atoms with E-state index in [9.17, 15) is 10.1 Å². The number of hydrogen-bond acceptors (Lipinski definition) is 8. The van der Waals surface area contributed by atoms with E-state index < -0.39 is 0 Å². The van der Waals surface area contributed by atoms with E-state index in [1.54, 1.807) is 0 Å². The highest BCUT2D eigenvalue weighted by Crippen LogP contribution is 2.44. The van der Waals surface area contributed by atoms with E-state index >= 15 is 0 Å². The van der Waals surface area contributed by atoms with E-state index in [1.165, 1.54) is 40.9 Å². The van der Waals surface area contributed by atoms with Gasteiger partial charge in [-0.1, -0.05) is 56.3 Å². The van der Waals surface area contributed by atoms with Gasteiger partial charge in [0, 0.05) is 67.6 Å². The number of fused-ring (bicyclic) bond motifs is 2. The number of allylic oxidation sites excluding steroid dienone is 1. The zero-order chi connectivity index (χ0) is 34.2. The molecule has 1 saturated carbocycles. The number of carbonyl (C=O) groups excluding carboxylic acids is 1. The van der Waals surface area contributed by atoms with Crippen molar-refractivity contribution in [2.24, 2.45) is 5.92 Å². The van der Waals surface area contributed by atoms with E-state index in [0.29, 0.717) is 18.4 Å². The zero-order valence-electron chi connectivity index (χ0n) is 29.7. The van der Waals surface area contributed by atoms with Gasteiger partial charge in [-0.05, 0) is 81.9 Å². The summed E-state index contributed by atoms with van der Waals surface area (Å²) in [5, 5.41) is 12.3. The molecule has 8 nitrogen and oxygen atoms in total. The number of nitriles is 1. The van der Waals surface area contributed by atoms with Gasteiger partial charge in [-0.3, -0.25) is 9.69 Å². The quantitative estimate of drug-likeness (QED) is 0.109. The van der Waals surface area contributed by atoms with Crippen LogP contribution in [0.25, 0.3) is 10.8 Å². The second-order valence-corrected chi connectivity index (χ2v) is 14.6. The van der Waals surface area contributed by atoms with Gasteiger partial charge in [0.25, 0.3) is 0 Å². The molecule has 0 amide bonds. The number of ketones is 1. The molecule has 3 aliphatic rings. The van der Waals surface area contributed by atoms with Crippen LogP contribution in [0.5, 0.6) is 0 Å². The van der Waals surface area contributed by atoms with Gasteiger partial charge in [0.1, 0.15) is 11.6 Å². The van der Waals surface area contributed by atoms with Crippen LogP contribution in [0.1, 0.15) is 88.2 Å². The van der Waals surface area contributed by atoms with E-state index in [-0.39, 0.29) is 17.8 Å². The van der Waals surface area contributed by atoms with Gasteiger partial charge >= 0.3 is 0 Å². The van der Waals surface area contributed by atoms with Crippen molar-refractivity contribution < 1.29 is 9.53 Å². The molecule has 49 heavy (non-hydrogen) atoms. The Morgan fingerprint density at radius 3 is 2.80 bits per heavy atom. The van der Waals surface area contributed by atoms with Gasteiger partial charge in [0.05, 0.1) is 31.0 Å². The average molecular weight is 663 g/mol. The largest absolute Gasteiger partial charge is 0.375 e. The Kier molecular flexibility index (Phi) is 11.6. The smallest absolute Gasteiger partial charge is 0.155 e.